The van der Waals surface area contributed by atoms with E-state index >= 15 is 0 Å². The fraction of sp³-hybridized carbons (Fsp3) is 0.806. The van der Waals surface area contributed by atoms with Crippen LogP contribution in [0.15, 0.2) is 0 Å². The second kappa shape index (κ2) is 28.3. The molecule has 51 heavy (non-hydrogen) atoms. The Morgan fingerprint density at radius 3 is 1.10 bits per heavy atom. The third-order valence-corrected chi connectivity index (χ3v) is 8.94. The third-order valence-electron chi connectivity index (χ3n) is 8.57. The van der Waals surface area contributed by atoms with Crippen molar-refractivity contribution in [3.8, 4) is 0 Å². The van der Waals surface area contributed by atoms with Gasteiger partial charge in [-0.05, 0) is 32.6 Å². The highest BCUT2D eigenvalue weighted by molar-refractivity contribution is 7.80. The summed E-state index contributed by atoms with van der Waals surface area (Å²) >= 11 is 4.10. The number of nitrogens with one attached hydrogen (secondary N) is 6. The smallest absolute Gasteiger partial charge is 0.244 e. The molecule has 0 unspecified atom stereocenters. The van der Waals surface area contributed by atoms with Crippen LogP contribution in [0.4, 0.5) is 0 Å². The number of thiol groups is 1. The van der Waals surface area contributed by atoms with Crippen LogP contribution in [0.5, 0.6) is 0 Å². The molecule has 0 aromatic carbocycles. The molecule has 0 aromatic heterocycles. The molecule has 6 atom stereocenters. The molecule has 8 N–H and O–H groups in total. The van der Waals surface area contributed by atoms with E-state index in [4.69, 9.17) is 5.73 Å². The fourth-order valence-corrected chi connectivity index (χ4v) is 5.68. The molecule has 15 heteroatoms. The molecule has 0 aliphatic heterocycles. The summed E-state index contributed by atoms with van der Waals surface area (Å²) in [5.41, 5.74) is 5.59. The molecule has 0 aromatic rings. The molecule has 0 bridgehead atoms. The van der Waals surface area contributed by atoms with Gasteiger partial charge in [-0.15, -0.1) is 0 Å². The van der Waals surface area contributed by atoms with E-state index in [-0.39, 0.29) is 5.75 Å². The zero-order valence-electron chi connectivity index (χ0n) is 31.9. The van der Waals surface area contributed by atoms with Gasteiger partial charge in [0.15, 0.2) is 0 Å². The van der Waals surface area contributed by atoms with Gasteiger partial charge in [-0.3, -0.25) is 33.6 Å². The molecule has 0 aliphatic carbocycles. The highest BCUT2D eigenvalue weighted by Gasteiger charge is 2.32. The lowest BCUT2D eigenvalue weighted by Crippen LogP contribution is -2.59. The van der Waals surface area contributed by atoms with Gasteiger partial charge in [0.2, 0.25) is 41.4 Å². The number of primary amides is 1. The van der Waals surface area contributed by atoms with Crippen LogP contribution in [0.25, 0.3) is 0 Å². The largest absolute Gasteiger partial charge is 0.368 e. The Morgan fingerprint density at radius 1 is 0.471 bits per heavy atom. The first kappa shape index (κ1) is 47.6. The van der Waals surface area contributed by atoms with E-state index in [1.807, 2.05) is 27.7 Å². The zero-order chi connectivity index (χ0) is 38.8. The molecular weight excluding hydrogens is 675 g/mol. The number of carbonyl (C=O) groups is 7. The quantitative estimate of drug-likeness (QED) is 0.0423. The molecule has 0 fully saturated rings. The molecule has 0 saturated heterocycles. The van der Waals surface area contributed by atoms with Crippen LogP contribution in [0.2, 0.25) is 0 Å². The first-order chi connectivity index (χ1) is 24.2. The van der Waals surface area contributed by atoms with E-state index in [9.17, 15) is 33.6 Å². The molecule has 0 radical (unpaired) electrons. The van der Waals surface area contributed by atoms with Crippen molar-refractivity contribution in [1.29, 1.82) is 0 Å². The summed E-state index contributed by atoms with van der Waals surface area (Å²) in [6, 6.07) is -5.76. The second-order valence-electron chi connectivity index (χ2n) is 13.3. The Balaban J connectivity index is 6.02. The predicted octanol–water partition coefficient (Wildman–Crippen LogP) is 2.67. The van der Waals surface area contributed by atoms with E-state index in [2.05, 4.69) is 44.5 Å². The van der Waals surface area contributed by atoms with Crippen molar-refractivity contribution in [2.24, 2.45) is 5.73 Å². The molecule has 0 rings (SSSR count). The number of hydrogen-bond acceptors (Lipinski definition) is 8. The van der Waals surface area contributed by atoms with Gasteiger partial charge in [0, 0.05) is 12.7 Å². The van der Waals surface area contributed by atoms with E-state index in [0.717, 1.165) is 57.8 Å². The van der Waals surface area contributed by atoms with Gasteiger partial charge in [0.1, 0.15) is 36.3 Å². The van der Waals surface area contributed by atoms with Gasteiger partial charge >= 0.3 is 0 Å². The number of nitrogens with two attached hydrogens (primary N) is 1. The standard InChI is InChI=1S/C36H67N7O7S/c1-7-11-15-19-26(31(37)45)40-33(47)28(21-17-13-9-3)42-35(49)29(22-18-14-10-4)43-34(48)27(20-16-12-8-2)41-32(46)24(5)38-36(50)30(23-51)39-25(6)44/h24,26-30,51H,7-23H2,1-6H3,(H2,37,45)(H,38,50)(H,39,44)(H,40,47)(H,41,46)(H,42,49)(H,43,48)/t24-,26-,27-,28-,29-,30-/m0/s1. The summed E-state index contributed by atoms with van der Waals surface area (Å²) in [5, 5.41) is 16.1. The van der Waals surface area contributed by atoms with Crippen molar-refractivity contribution in [2.75, 3.05) is 5.75 Å². The van der Waals surface area contributed by atoms with Gasteiger partial charge < -0.3 is 37.6 Å². The Labute approximate surface area is 310 Å². The normalized spacial score (nSPS) is 14.5. The molecule has 0 heterocycles. The number of hydrogen-bond donors (Lipinski definition) is 8. The summed E-state index contributed by atoms with van der Waals surface area (Å²) in [4.78, 5) is 90.4. The summed E-state index contributed by atoms with van der Waals surface area (Å²) in [5.74, 6) is -3.83. The van der Waals surface area contributed by atoms with E-state index in [0.29, 0.717) is 44.9 Å². The lowest BCUT2D eigenvalue weighted by Gasteiger charge is -2.27. The van der Waals surface area contributed by atoms with Crippen molar-refractivity contribution >= 4 is 54.0 Å². The minimum absolute atomic E-state index is 0.0229. The number of amides is 7. The van der Waals surface area contributed by atoms with Gasteiger partial charge in [0.25, 0.3) is 0 Å². The summed E-state index contributed by atoms with van der Waals surface area (Å²) < 4.78 is 0. The zero-order valence-corrected chi connectivity index (χ0v) is 32.8. The molecule has 0 saturated carbocycles. The van der Waals surface area contributed by atoms with E-state index < -0.39 is 77.6 Å². The average molecular weight is 742 g/mol. The van der Waals surface area contributed by atoms with Crippen LogP contribution < -0.4 is 37.6 Å². The van der Waals surface area contributed by atoms with Crippen LogP contribution in [0.3, 0.4) is 0 Å². The summed E-state index contributed by atoms with van der Waals surface area (Å²) in [7, 11) is 0. The topological polar surface area (TPSA) is 218 Å². The van der Waals surface area contributed by atoms with Crippen LogP contribution in [0.1, 0.15) is 144 Å². The second-order valence-corrected chi connectivity index (χ2v) is 13.7. The third kappa shape index (κ3) is 20.9. The Hall–Kier alpha value is -3.36. The average Bonchev–Trinajstić information content (AvgIpc) is 3.08. The first-order valence-electron chi connectivity index (χ1n) is 18.9. The van der Waals surface area contributed by atoms with Gasteiger partial charge in [-0.1, -0.05) is 105 Å². The number of carbonyl (C=O) groups excluding carboxylic acids is 7. The van der Waals surface area contributed by atoms with Crippen molar-refractivity contribution in [3.05, 3.63) is 0 Å². The lowest BCUT2D eigenvalue weighted by molar-refractivity contribution is -0.135. The maximum absolute atomic E-state index is 13.8. The predicted molar refractivity (Wildman–Crippen MR) is 203 cm³/mol. The van der Waals surface area contributed by atoms with Crippen LogP contribution >= 0.6 is 12.6 Å². The van der Waals surface area contributed by atoms with Crippen molar-refractivity contribution < 1.29 is 33.6 Å². The lowest BCUT2D eigenvalue weighted by atomic mass is 10.0. The van der Waals surface area contributed by atoms with E-state index in [1.165, 1.54) is 13.8 Å². The minimum atomic E-state index is -1.03. The highest BCUT2D eigenvalue weighted by atomic mass is 32.1. The van der Waals surface area contributed by atoms with Crippen molar-refractivity contribution in [1.82, 2.24) is 31.9 Å². The molecule has 14 nitrogen and oxygen atoms in total. The Morgan fingerprint density at radius 2 is 0.784 bits per heavy atom. The molecular formula is C36H67N7O7S. The minimum Gasteiger partial charge on any atom is -0.368 e. The molecule has 294 valence electrons. The molecule has 0 spiro atoms. The Kier molecular flexibility index (Phi) is 26.4. The Bertz CT molecular complexity index is 1090. The summed E-state index contributed by atoms with van der Waals surface area (Å²) in [6.45, 7) is 10.8. The van der Waals surface area contributed by atoms with Gasteiger partial charge in [-0.25, -0.2) is 0 Å². The molecule has 7 amide bonds. The van der Waals surface area contributed by atoms with Gasteiger partial charge in [-0.2, -0.15) is 12.6 Å². The number of rotatable bonds is 29. The maximum Gasteiger partial charge on any atom is 0.244 e. The highest BCUT2D eigenvalue weighted by Crippen LogP contribution is 2.11. The fourth-order valence-electron chi connectivity index (χ4n) is 5.42. The summed E-state index contributed by atoms with van der Waals surface area (Å²) in [6.07, 6.45) is 11.0. The van der Waals surface area contributed by atoms with Crippen LogP contribution in [0, 0.1) is 0 Å². The van der Waals surface area contributed by atoms with Gasteiger partial charge in [0.05, 0.1) is 0 Å². The first-order valence-corrected chi connectivity index (χ1v) is 19.6. The monoisotopic (exact) mass is 741 g/mol. The maximum atomic E-state index is 13.8. The van der Waals surface area contributed by atoms with E-state index in [1.54, 1.807) is 0 Å². The SMILES string of the molecule is CCCCC[C@H](NC(=O)[C@H](CCCCC)NC(=O)[C@H](CCCCC)NC(=O)[C@H](CCCCC)NC(=O)[C@H](C)NC(=O)[C@H](CS)NC(C)=O)C(N)=O. The van der Waals surface area contributed by atoms with Crippen LogP contribution in [-0.2, 0) is 33.6 Å². The van der Waals surface area contributed by atoms with Crippen LogP contribution in [-0.4, -0.2) is 83.4 Å². The molecule has 0 aliphatic rings. The van der Waals surface area contributed by atoms with Crippen molar-refractivity contribution in [3.63, 3.8) is 0 Å². The van der Waals surface area contributed by atoms with Crippen molar-refractivity contribution in [2.45, 2.75) is 181 Å². The number of unbranched alkanes of at least 4 members (excludes halogenated alkanes) is 8.